The summed E-state index contributed by atoms with van der Waals surface area (Å²) in [7, 11) is 0. The number of para-hydroxylation sites is 1. The number of hydrogen-bond acceptors (Lipinski definition) is 3. The van der Waals surface area contributed by atoms with Crippen molar-refractivity contribution in [2.24, 2.45) is 0 Å². The van der Waals surface area contributed by atoms with Gasteiger partial charge in [0.05, 0.1) is 16.7 Å². The third-order valence-corrected chi connectivity index (χ3v) is 3.64. The van der Waals surface area contributed by atoms with E-state index in [9.17, 15) is 0 Å². The van der Waals surface area contributed by atoms with Gasteiger partial charge in [0.25, 0.3) is 0 Å². The number of anilines is 1. The summed E-state index contributed by atoms with van der Waals surface area (Å²) in [6.07, 6.45) is 4.72. The first-order chi connectivity index (χ1) is 8.83. The van der Waals surface area contributed by atoms with Crippen molar-refractivity contribution in [1.29, 1.82) is 0 Å². The van der Waals surface area contributed by atoms with Crippen LogP contribution in [-0.4, -0.2) is 17.6 Å². The number of ether oxygens (including phenoxy) is 1. The van der Waals surface area contributed by atoms with Crippen molar-refractivity contribution >= 4 is 21.6 Å². The van der Waals surface area contributed by atoms with Gasteiger partial charge in [0.2, 0.25) is 0 Å². The van der Waals surface area contributed by atoms with Crippen LogP contribution in [0.25, 0.3) is 0 Å². The van der Waals surface area contributed by atoms with Gasteiger partial charge < -0.3 is 10.1 Å². The first kappa shape index (κ1) is 11.5. The number of fused-ring (bicyclic) bond motifs is 1. The molecule has 3 nitrogen and oxygen atoms in total. The predicted octanol–water partition coefficient (Wildman–Crippen LogP) is 3.26. The van der Waals surface area contributed by atoms with Crippen molar-refractivity contribution < 1.29 is 4.74 Å². The normalized spacial score (nSPS) is 17.1. The molecular weight excluding hydrogens is 292 g/mol. The van der Waals surface area contributed by atoms with E-state index in [1.165, 1.54) is 5.56 Å². The van der Waals surface area contributed by atoms with E-state index in [0.29, 0.717) is 0 Å². The minimum absolute atomic E-state index is 0.197. The Labute approximate surface area is 114 Å². The Hall–Kier alpha value is -1.55. The minimum Gasteiger partial charge on any atom is -0.488 e. The number of aromatic nitrogens is 1. The summed E-state index contributed by atoms with van der Waals surface area (Å²) >= 11 is 3.47. The Morgan fingerprint density at radius 1 is 1.33 bits per heavy atom. The zero-order valence-corrected chi connectivity index (χ0v) is 11.4. The number of halogens is 1. The summed E-state index contributed by atoms with van der Waals surface area (Å²) in [5.74, 6) is 1.01. The molecule has 0 fully saturated rings. The minimum atomic E-state index is 0.197. The van der Waals surface area contributed by atoms with Crippen LogP contribution in [-0.2, 0) is 6.42 Å². The van der Waals surface area contributed by atoms with Crippen LogP contribution in [0.3, 0.4) is 0 Å². The zero-order valence-electron chi connectivity index (χ0n) is 9.77. The number of nitrogens with one attached hydrogen (secondary N) is 1. The maximum atomic E-state index is 5.88. The summed E-state index contributed by atoms with van der Waals surface area (Å²) in [5, 5.41) is 3.38. The van der Waals surface area contributed by atoms with Gasteiger partial charge in [0.15, 0.2) is 0 Å². The molecule has 1 aliphatic rings. The molecule has 0 saturated heterocycles. The summed E-state index contributed by atoms with van der Waals surface area (Å²) in [6.45, 7) is 0.789. The van der Waals surface area contributed by atoms with Crippen LogP contribution in [0, 0.1) is 0 Å². The molecule has 0 radical (unpaired) electrons. The quantitative estimate of drug-likeness (QED) is 0.945. The standard InChI is InChI=1S/C14H13BrN2O/c15-12-9-16-6-5-13(12)17-8-11-7-10-3-1-2-4-14(10)18-11/h1-6,9,11H,7-8H2,(H,16,17). The van der Waals surface area contributed by atoms with Gasteiger partial charge in [-0.3, -0.25) is 4.98 Å². The molecule has 1 N–H and O–H groups in total. The van der Waals surface area contributed by atoms with Crippen molar-refractivity contribution in [3.05, 3.63) is 52.8 Å². The van der Waals surface area contributed by atoms with E-state index in [1.807, 2.05) is 18.2 Å². The fourth-order valence-electron chi connectivity index (χ4n) is 2.11. The van der Waals surface area contributed by atoms with Crippen LogP contribution >= 0.6 is 15.9 Å². The molecule has 0 aliphatic carbocycles. The SMILES string of the molecule is Brc1cnccc1NCC1Cc2ccccc2O1. The van der Waals surface area contributed by atoms with Crippen molar-refractivity contribution in [3.8, 4) is 5.75 Å². The molecule has 1 unspecified atom stereocenters. The van der Waals surface area contributed by atoms with Crippen molar-refractivity contribution in [1.82, 2.24) is 4.98 Å². The van der Waals surface area contributed by atoms with E-state index < -0.39 is 0 Å². The molecule has 0 bridgehead atoms. The summed E-state index contributed by atoms with van der Waals surface area (Å²) in [6, 6.07) is 10.2. The largest absolute Gasteiger partial charge is 0.488 e. The predicted molar refractivity (Wildman–Crippen MR) is 75.0 cm³/mol. The molecule has 92 valence electrons. The fraction of sp³-hybridized carbons (Fsp3) is 0.214. The molecule has 1 aromatic heterocycles. The van der Waals surface area contributed by atoms with E-state index in [4.69, 9.17) is 4.74 Å². The fourth-order valence-corrected chi connectivity index (χ4v) is 2.50. The van der Waals surface area contributed by atoms with Gasteiger partial charge in [0, 0.05) is 18.8 Å². The highest BCUT2D eigenvalue weighted by molar-refractivity contribution is 9.10. The van der Waals surface area contributed by atoms with E-state index in [-0.39, 0.29) is 6.10 Å². The highest BCUT2D eigenvalue weighted by Gasteiger charge is 2.21. The monoisotopic (exact) mass is 304 g/mol. The van der Waals surface area contributed by atoms with E-state index in [2.05, 4.69) is 38.4 Å². The number of benzene rings is 1. The molecule has 1 aliphatic heterocycles. The molecule has 3 rings (SSSR count). The molecule has 0 spiro atoms. The Bertz CT molecular complexity index is 534. The van der Waals surface area contributed by atoms with Gasteiger partial charge in [-0.1, -0.05) is 18.2 Å². The topological polar surface area (TPSA) is 34.2 Å². The highest BCUT2D eigenvalue weighted by Crippen LogP contribution is 2.28. The molecule has 4 heteroatoms. The number of nitrogens with zero attached hydrogens (tertiary/aromatic N) is 1. The van der Waals surface area contributed by atoms with Crippen molar-refractivity contribution in [3.63, 3.8) is 0 Å². The zero-order chi connectivity index (χ0) is 12.4. The Morgan fingerprint density at radius 3 is 3.06 bits per heavy atom. The molecule has 2 aromatic rings. The summed E-state index contributed by atoms with van der Waals surface area (Å²) < 4.78 is 6.85. The van der Waals surface area contributed by atoms with E-state index in [1.54, 1.807) is 12.4 Å². The van der Waals surface area contributed by atoms with E-state index in [0.717, 1.165) is 28.9 Å². The lowest BCUT2D eigenvalue weighted by molar-refractivity contribution is 0.246. The summed E-state index contributed by atoms with van der Waals surface area (Å²) in [5.41, 5.74) is 2.34. The molecule has 2 heterocycles. The highest BCUT2D eigenvalue weighted by atomic mass is 79.9. The third kappa shape index (κ3) is 2.34. The van der Waals surface area contributed by atoms with Crippen LogP contribution < -0.4 is 10.1 Å². The maximum Gasteiger partial charge on any atom is 0.123 e. The third-order valence-electron chi connectivity index (χ3n) is 3.01. The first-order valence-electron chi connectivity index (χ1n) is 5.91. The molecule has 0 saturated carbocycles. The van der Waals surface area contributed by atoms with Gasteiger partial charge in [-0.05, 0) is 33.6 Å². The lowest BCUT2D eigenvalue weighted by Gasteiger charge is -2.13. The second-order valence-electron chi connectivity index (χ2n) is 4.29. The second-order valence-corrected chi connectivity index (χ2v) is 5.14. The lowest BCUT2D eigenvalue weighted by atomic mass is 10.1. The number of hydrogen-bond donors (Lipinski definition) is 1. The van der Waals surface area contributed by atoms with Crippen LogP contribution in [0.2, 0.25) is 0 Å². The average molecular weight is 305 g/mol. The maximum absolute atomic E-state index is 5.88. The van der Waals surface area contributed by atoms with E-state index >= 15 is 0 Å². The number of rotatable bonds is 3. The Kier molecular flexibility index (Phi) is 3.19. The van der Waals surface area contributed by atoms with Gasteiger partial charge in [0.1, 0.15) is 11.9 Å². The molecular formula is C14H13BrN2O. The Balaban J connectivity index is 1.62. The smallest absolute Gasteiger partial charge is 0.123 e. The molecule has 1 atom stereocenters. The summed E-state index contributed by atoms with van der Waals surface area (Å²) in [4.78, 5) is 4.04. The van der Waals surface area contributed by atoms with Gasteiger partial charge in [-0.15, -0.1) is 0 Å². The van der Waals surface area contributed by atoms with Gasteiger partial charge in [-0.25, -0.2) is 0 Å². The van der Waals surface area contributed by atoms with Crippen LogP contribution in [0.15, 0.2) is 47.2 Å². The van der Waals surface area contributed by atoms with Crippen molar-refractivity contribution in [2.75, 3.05) is 11.9 Å². The van der Waals surface area contributed by atoms with Gasteiger partial charge >= 0.3 is 0 Å². The number of pyridine rings is 1. The first-order valence-corrected chi connectivity index (χ1v) is 6.70. The molecule has 18 heavy (non-hydrogen) atoms. The van der Waals surface area contributed by atoms with Crippen LogP contribution in [0.4, 0.5) is 5.69 Å². The van der Waals surface area contributed by atoms with Crippen molar-refractivity contribution in [2.45, 2.75) is 12.5 Å². The molecule has 1 aromatic carbocycles. The second kappa shape index (κ2) is 4.98. The van der Waals surface area contributed by atoms with Crippen LogP contribution in [0.1, 0.15) is 5.56 Å². The lowest BCUT2D eigenvalue weighted by Crippen LogP contribution is -2.24. The van der Waals surface area contributed by atoms with Gasteiger partial charge in [-0.2, -0.15) is 0 Å². The molecule has 0 amide bonds. The van der Waals surface area contributed by atoms with Crippen LogP contribution in [0.5, 0.6) is 5.75 Å². The average Bonchev–Trinajstić information content (AvgIpc) is 2.80. The Morgan fingerprint density at radius 2 is 2.22 bits per heavy atom.